The van der Waals surface area contributed by atoms with Gasteiger partial charge in [0, 0.05) is 0 Å². The summed E-state index contributed by atoms with van der Waals surface area (Å²) in [6, 6.07) is 0. The van der Waals surface area contributed by atoms with Gasteiger partial charge >= 0.3 is 12.4 Å². The molecule has 0 aromatic heterocycles. The minimum absolute atomic E-state index is 0.0278. The molecule has 0 saturated carbocycles. The van der Waals surface area contributed by atoms with Crippen molar-refractivity contribution in [2.45, 2.75) is 12.4 Å². The zero-order chi connectivity index (χ0) is 14.7. The summed E-state index contributed by atoms with van der Waals surface area (Å²) >= 11 is 0. The summed E-state index contributed by atoms with van der Waals surface area (Å²) in [6.07, 6.45) is -9.41. The highest BCUT2D eigenvalue weighted by Gasteiger charge is 2.32. The molecular formula is C8H14F6O4. The van der Waals surface area contributed by atoms with Crippen LogP contribution in [0.5, 0.6) is 0 Å². The largest absolute Gasteiger partial charge is 0.411 e. The van der Waals surface area contributed by atoms with Crippen LogP contribution in [0.15, 0.2) is 0 Å². The first kappa shape index (κ1) is 19.8. The topological polar surface area (TPSA) is 58.9 Å². The second-order valence-corrected chi connectivity index (χ2v) is 2.78. The molecule has 0 bridgehead atoms. The quantitative estimate of drug-likeness (QED) is 0.568. The van der Waals surface area contributed by atoms with Crippen molar-refractivity contribution in [2.24, 2.45) is 0 Å². The molecule has 0 unspecified atom stereocenters. The minimum Gasteiger partial charge on any atom is -0.394 e. The second-order valence-electron chi connectivity index (χ2n) is 2.78. The number of alkyl halides is 6. The Labute approximate surface area is 99.1 Å². The Morgan fingerprint density at radius 3 is 1.22 bits per heavy atom. The first-order valence-electron chi connectivity index (χ1n) is 4.63. The predicted octanol–water partition coefficient (Wildman–Crippen LogP) is 1.12. The molecule has 0 amide bonds. The lowest BCUT2D eigenvalue weighted by molar-refractivity contribution is -0.219. The number of hydrogen-bond donors (Lipinski definition) is 2. The van der Waals surface area contributed by atoms with Gasteiger partial charge in [0.15, 0.2) is 0 Å². The molecule has 18 heavy (non-hydrogen) atoms. The van der Waals surface area contributed by atoms with Crippen LogP contribution in [0.4, 0.5) is 26.3 Å². The van der Waals surface area contributed by atoms with E-state index in [9.17, 15) is 26.3 Å². The highest BCUT2D eigenvalue weighted by molar-refractivity contribution is 4.49. The molecule has 0 saturated heterocycles. The van der Waals surface area contributed by atoms with E-state index in [1.54, 1.807) is 0 Å². The normalized spacial score (nSPS) is 12.0. The number of aliphatic hydroxyl groups excluding tert-OH is 2. The number of hydrogen-bond acceptors (Lipinski definition) is 4. The van der Waals surface area contributed by atoms with Crippen LogP contribution in [0.1, 0.15) is 0 Å². The number of ether oxygens (including phenoxy) is 2. The first-order valence-corrected chi connectivity index (χ1v) is 4.63. The van der Waals surface area contributed by atoms with E-state index in [0.29, 0.717) is 13.2 Å². The van der Waals surface area contributed by atoms with Gasteiger partial charge in [-0.3, -0.25) is 0 Å². The summed E-state index contributed by atoms with van der Waals surface area (Å²) in [5, 5.41) is 16.2. The third-order valence-corrected chi connectivity index (χ3v) is 1.00. The lowest BCUT2D eigenvalue weighted by Crippen LogP contribution is -2.23. The van der Waals surface area contributed by atoms with Gasteiger partial charge in [0.2, 0.25) is 0 Å². The molecule has 0 aromatic carbocycles. The lowest BCUT2D eigenvalue weighted by atomic mass is 10.6. The van der Waals surface area contributed by atoms with Crippen LogP contribution in [-0.2, 0) is 9.47 Å². The van der Waals surface area contributed by atoms with Crippen molar-refractivity contribution in [1.82, 2.24) is 0 Å². The molecule has 0 fully saturated rings. The molecule has 0 spiro atoms. The van der Waals surface area contributed by atoms with Gasteiger partial charge in [-0.25, -0.2) is 0 Å². The van der Waals surface area contributed by atoms with Crippen LogP contribution in [0, 0.1) is 0 Å². The van der Waals surface area contributed by atoms with E-state index in [1.807, 2.05) is 0 Å². The van der Waals surface area contributed by atoms with Crippen LogP contribution in [-0.4, -0.2) is 62.2 Å². The zero-order valence-electron chi connectivity index (χ0n) is 9.22. The second kappa shape index (κ2) is 10.4. The molecule has 112 valence electrons. The molecular weight excluding hydrogens is 274 g/mol. The maximum absolute atomic E-state index is 11.1. The average molecular weight is 288 g/mol. The molecule has 0 atom stereocenters. The predicted molar refractivity (Wildman–Crippen MR) is 47.9 cm³/mol. The van der Waals surface area contributed by atoms with Gasteiger partial charge in [0.05, 0.1) is 26.4 Å². The molecule has 0 aromatic rings. The van der Waals surface area contributed by atoms with Crippen molar-refractivity contribution in [2.75, 3.05) is 39.6 Å². The number of aliphatic hydroxyl groups is 2. The molecule has 4 nitrogen and oxygen atoms in total. The van der Waals surface area contributed by atoms with Crippen molar-refractivity contribution >= 4 is 0 Å². The fourth-order valence-electron chi connectivity index (χ4n) is 0.514. The van der Waals surface area contributed by atoms with Gasteiger partial charge in [0.1, 0.15) is 13.2 Å². The van der Waals surface area contributed by atoms with Gasteiger partial charge in [0.25, 0.3) is 0 Å². The van der Waals surface area contributed by atoms with E-state index in [0.717, 1.165) is 0 Å². The van der Waals surface area contributed by atoms with Gasteiger partial charge in [-0.2, -0.15) is 26.3 Å². The zero-order valence-corrected chi connectivity index (χ0v) is 9.22. The summed E-state index contributed by atoms with van der Waals surface area (Å²) in [6.45, 7) is -3.04. The highest BCUT2D eigenvalue weighted by Crippen LogP contribution is 2.18. The molecule has 10 heteroatoms. The molecule has 0 heterocycles. The van der Waals surface area contributed by atoms with Gasteiger partial charge in [-0.15, -0.1) is 0 Å². The Hall–Kier alpha value is -0.580. The van der Waals surface area contributed by atoms with Crippen molar-refractivity contribution in [3.63, 3.8) is 0 Å². The molecule has 0 radical (unpaired) electrons. The highest BCUT2D eigenvalue weighted by atomic mass is 19.4. The van der Waals surface area contributed by atoms with Crippen LogP contribution < -0.4 is 0 Å². The third kappa shape index (κ3) is 24.6. The number of halogens is 6. The van der Waals surface area contributed by atoms with E-state index in [2.05, 4.69) is 9.47 Å². The van der Waals surface area contributed by atoms with Crippen LogP contribution in [0.25, 0.3) is 0 Å². The van der Waals surface area contributed by atoms with Crippen molar-refractivity contribution < 1.29 is 46.0 Å². The van der Waals surface area contributed by atoms with E-state index < -0.39 is 25.6 Å². The first-order chi connectivity index (χ1) is 8.12. The maximum Gasteiger partial charge on any atom is 0.411 e. The van der Waals surface area contributed by atoms with Crippen molar-refractivity contribution in [1.29, 1.82) is 0 Å². The van der Waals surface area contributed by atoms with Crippen LogP contribution >= 0.6 is 0 Å². The standard InChI is InChI=1S/C4H4F6O.C4H10O3/c5-3(6,7)1-11-2-4(8,9)10;5-1-3-7-4-2-6/h1-2H2;5-6H,1-4H2. The Balaban J connectivity index is 0. The molecule has 0 aliphatic heterocycles. The van der Waals surface area contributed by atoms with Crippen LogP contribution in [0.2, 0.25) is 0 Å². The van der Waals surface area contributed by atoms with Gasteiger partial charge in [-0.05, 0) is 0 Å². The summed E-state index contributed by atoms with van der Waals surface area (Å²) in [5.41, 5.74) is 0. The Morgan fingerprint density at radius 2 is 1.00 bits per heavy atom. The Morgan fingerprint density at radius 1 is 0.667 bits per heavy atom. The van der Waals surface area contributed by atoms with Crippen molar-refractivity contribution in [3.8, 4) is 0 Å². The van der Waals surface area contributed by atoms with E-state index in [4.69, 9.17) is 10.2 Å². The van der Waals surface area contributed by atoms with Gasteiger partial charge in [-0.1, -0.05) is 0 Å². The fourth-order valence-corrected chi connectivity index (χ4v) is 0.514. The summed E-state index contributed by atoms with van der Waals surface area (Å²) < 4.78 is 74.8. The molecule has 2 N–H and O–H groups in total. The minimum atomic E-state index is -4.70. The number of rotatable bonds is 6. The molecule has 0 aliphatic rings. The molecule has 0 aliphatic carbocycles. The summed E-state index contributed by atoms with van der Waals surface area (Å²) in [5.74, 6) is 0. The lowest BCUT2D eigenvalue weighted by Gasteiger charge is -2.09. The van der Waals surface area contributed by atoms with E-state index in [-0.39, 0.29) is 13.2 Å². The molecule has 0 rings (SSSR count). The van der Waals surface area contributed by atoms with E-state index >= 15 is 0 Å². The monoisotopic (exact) mass is 288 g/mol. The fraction of sp³-hybridized carbons (Fsp3) is 1.00. The van der Waals surface area contributed by atoms with Gasteiger partial charge < -0.3 is 19.7 Å². The Kier molecular flexibility index (Phi) is 11.4. The summed E-state index contributed by atoms with van der Waals surface area (Å²) in [7, 11) is 0. The SMILES string of the molecule is FC(F)(F)COCC(F)(F)F.OCCOCCO. The van der Waals surface area contributed by atoms with Crippen LogP contribution in [0.3, 0.4) is 0 Å². The van der Waals surface area contributed by atoms with Crippen molar-refractivity contribution in [3.05, 3.63) is 0 Å². The third-order valence-electron chi connectivity index (χ3n) is 1.00. The van der Waals surface area contributed by atoms with E-state index in [1.165, 1.54) is 0 Å². The maximum atomic E-state index is 11.1. The average Bonchev–Trinajstić information content (AvgIpc) is 2.15. The smallest absolute Gasteiger partial charge is 0.394 e. The Bertz CT molecular complexity index is 163. The summed E-state index contributed by atoms with van der Waals surface area (Å²) in [4.78, 5) is 0.